The molecule has 15 heavy (non-hydrogen) atoms. The first kappa shape index (κ1) is 12.2. The normalized spacial score (nSPS) is 15.6. The van der Waals surface area contributed by atoms with Crippen molar-refractivity contribution in [2.24, 2.45) is 7.05 Å². The summed E-state index contributed by atoms with van der Waals surface area (Å²) in [6.07, 6.45) is 4.30. The van der Waals surface area contributed by atoms with Crippen molar-refractivity contribution in [3.8, 4) is 0 Å². The molecule has 4 heteroatoms. The highest BCUT2D eigenvalue weighted by Crippen LogP contribution is 2.08. The maximum Gasteiger partial charge on any atom is 0.122 e. The highest BCUT2D eigenvalue weighted by Gasteiger charge is 2.13. The molecule has 0 saturated heterocycles. The maximum atomic E-state index is 9.30. The summed E-state index contributed by atoms with van der Waals surface area (Å²) < 4.78 is 2.02. The van der Waals surface area contributed by atoms with Crippen molar-refractivity contribution in [1.29, 1.82) is 0 Å². The molecule has 1 N–H and O–H groups in total. The third kappa shape index (κ3) is 3.64. The van der Waals surface area contributed by atoms with Crippen LogP contribution in [0.25, 0.3) is 0 Å². The van der Waals surface area contributed by atoms with E-state index in [2.05, 4.69) is 23.9 Å². The Morgan fingerprint density at radius 1 is 1.53 bits per heavy atom. The van der Waals surface area contributed by atoms with Crippen molar-refractivity contribution in [2.45, 2.75) is 39.0 Å². The van der Waals surface area contributed by atoms with Crippen LogP contribution in [-0.4, -0.2) is 38.8 Å². The minimum absolute atomic E-state index is 0.246. The molecule has 0 amide bonds. The molecule has 1 aromatic heterocycles. The number of hydrogen-bond donors (Lipinski definition) is 1. The summed E-state index contributed by atoms with van der Waals surface area (Å²) in [6.45, 7) is 4.76. The average Bonchev–Trinajstić information content (AvgIpc) is 2.50. The van der Waals surface area contributed by atoms with Gasteiger partial charge in [0.25, 0.3) is 0 Å². The summed E-state index contributed by atoms with van der Waals surface area (Å²) in [5.41, 5.74) is 0. The summed E-state index contributed by atoms with van der Waals surface area (Å²) in [5, 5.41) is 9.30. The van der Waals surface area contributed by atoms with Crippen LogP contribution in [0.15, 0.2) is 12.4 Å². The fraction of sp³-hybridized carbons (Fsp3) is 0.727. The van der Waals surface area contributed by atoms with Crippen LogP contribution < -0.4 is 0 Å². The van der Waals surface area contributed by atoms with Gasteiger partial charge in [-0.3, -0.25) is 4.90 Å². The third-order valence-corrected chi connectivity index (χ3v) is 2.75. The summed E-state index contributed by atoms with van der Waals surface area (Å²) >= 11 is 0. The van der Waals surface area contributed by atoms with Crippen molar-refractivity contribution < 1.29 is 5.11 Å². The summed E-state index contributed by atoms with van der Waals surface area (Å²) in [5.74, 6) is 1.05. The summed E-state index contributed by atoms with van der Waals surface area (Å²) in [6, 6.07) is 0.363. The zero-order valence-electron chi connectivity index (χ0n) is 10.0. The molecular weight excluding hydrogens is 190 g/mol. The molecule has 0 bridgehead atoms. The van der Waals surface area contributed by atoms with E-state index < -0.39 is 0 Å². The van der Waals surface area contributed by atoms with E-state index in [-0.39, 0.29) is 6.10 Å². The number of aliphatic hydroxyl groups is 1. The van der Waals surface area contributed by atoms with Crippen LogP contribution in [0, 0.1) is 0 Å². The topological polar surface area (TPSA) is 41.3 Å². The van der Waals surface area contributed by atoms with Gasteiger partial charge in [-0.2, -0.15) is 0 Å². The zero-order valence-corrected chi connectivity index (χ0v) is 10.0. The molecule has 1 aromatic rings. The molecule has 86 valence electrons. The molecule has 0 aliphatic heterocycles. The Kier molecular flexibility index (Phi) is 4.29. The van der Waals surface area contributed by atoms with Gasteiger partial charge in [-0.25, -0.2) is 4.98 Å². The van der Waals surface area contributed by atoms with Crippen molar-refractivity contribution in [3.63, 3.8) is 0 Å². The van der Waals surface area contributed by atoms with E-state index >= 15 is 0 Å². The number of imidazole rings is 1. The molecule has 1 heterocycles. The number of hydrogen-bond acceptors (Lipinski definition) is 3. The molecule has 2 atom stereocenters. The first-order valence-corrected chi connectivity index (χ1v) is 5.35. The molecule has 0 fully saturated rings. The standard InChI is InChI=1S/C11H21N3O/c1-9(7-10(2)15)14(4)8-11-12-5-6-13(11)3/h5-6,9-10,15H,7-8H2,1-4H3. The minimum Gasteiger partial charge on any atom is -0.393 e. The monoisotopic (exact) mass is 211 g/mol. The van der Waals surface area contributed by atoms with Crippen molar-refractivity contribution in [2.75, 3.05) is 7.05 Å². The van der Waals surface area contributed by atoms with Crippen LogP contribution >= 0.6 is 0 Å². The molecule has 4 nitrogen and oxygen atoms in total. The number of rotatable bonds is 5. The Bertz CT molecular complexity index is 296. The first-order valence-electron chi connectivity index (χ1n) is 5.35. The first-order chi connectivity index (χ1) is 7.00. The van der Waals surface area contributed by atoms with Crippen molar-refractivity contribution in [3.05, 3.63) is 18.2 Å². The number of nitrogens with zero attached hydrogens (tertiary/aromatic N) is 3. The molecular formula is C11H21N3O. The van der Waals surface area contributed by atoms with Gasteiger partial charge in [0, 0.05) is 25.5 Å². The maximum absolute atomic E-state index is 9.30. The molecule has 2 unspecified atom stereocenters. The van der Waals surface area contributed by atoms with Crippen molar-refractivity contribution in [1.82, 2.24) is 14.5 Å². The van der Waals surface area contributed by atoms with E-state index in [4.69, 9.17) is 0 Å². The number of aliphatic hydroxyl groups excluding tert-OH is 1. The molecule has 0 radical (unpaired) electrons. The fourth-order valence-corrected chi connectivity index (χ4v) is 1.60. The molecule has 0 saturated carbocycles. The largest absolute Gasteiger partial charge is 0.393 e. The Hall–Kier alpha value is -0.870. The van der Waals surface area contributed by atoms with Crippen molar-refractivity contribution >= 4 is 0 Å². The van der Waals surface area contributed by atoms with E-state index in [1.54, 1.807) is 0 Å². The van der Waals surface area contributed by atoms with Gasteiger partial charge < -0.3 is 9.67 Å². The smallest absolute Gasteiger partial charge is 0.122 e. The molecule has 1 rings (SSSR count). The molecule has 0 aliphatic rings. The average molecular weight is 211 g/mol. The van der Waals surface area contributed by atoms with Crippen LogP contribution in [-0.2, 0) is 13.6 Å². The van der Waals surface area contributed by atoms with Gasteiger partial charge in [-0.1, -0.05) is 0 Å². The summed E-state index contributed by atoms with van der Waals surface area (Å²) in [7, 11) is 4.05. The van der Waals surface area contributed by atoms with Gasteiger partial charge in [0.05, 0.1) is 12.6 Å². The Labute approximate surface area is 91.5 Å². The fourth-order valence-electron chi connectivity index (χ4n) is 1.60. The minimum atomic E-state index is -0.246. The molecule has 0 spiro atoms. The number of aromatic nitrogens is 2. The Balaban J connectivity index is 2.48. The second-order valence-corrected chi connectivity index (χ2v) is 4.30. The lowest BCUT2D eigenvalue weighted by Crippen LogP contribution is -2.32. The zero-order chi connectivity index (χ0) is 11.4. The van der Waals surface area contributed by atoms with Gasteiger partial charge in [-0.15, -0.1) is 0 Å². The molecule has 0 aliphatic carbocycles. The van der Waals surface area contributed by atoms with Crippen LogP contribution in [0.3, 0.4) is 0 Å². The third-order valence-electron chi connectivity index (χ3n) is 2.75. The highest BCUT2D eigenvalue weighted by atomic mass is 16.3. The van der Waals surface area contributed by atoms with Gasteiger partial charge in [0.15, 0.2) is 0 Å². The van der Waals surface area contributed by atoms with E-state index in [0.717, 1.165) is 18.8 Å². The Morgan fingerprint density at radius 3 is 2.67 bits per heavy atom. The van der Waals surface area contributed by atoms with Gasteiger partial charge in [0.2, 0.25) is 0 Å². The van der Waals surface area contributed by atoms with Gasteiger partial charge in [-0.05, 0) is 27.3 Å². The number of aryl methyl sites for hydroxylation is 1. The van der Waals surface area contributed by atoms with Crippen LogP contribution in [0.4, 0.5) is 0 Å². The second kappa shape index (κ2) is 5.28. The van der Waals surface area contributed by atoms with Crippen LogP contribution in [0.5, 0.6) is 0 Å². The van der Waals surface area contributed by atoms with Gasteiger partial charge >= 0.3 is 0 Å². The van der Waals surface area contributed by atoms with Crippen LogP contribution in [0.2, 0.25) is 0 Å². The predicted molar refractivity (Wildman–Crippen MR) is 60.4 cm³/mol. The van der Waals surface area contributed by atoms with E-state index in [0.29, 0.717) is 6.04 Å². The van der Waals surface area contributed by atoms with E-state index in [1.165, 1.54) is 0 Å². The summed E-state index contributed by atoms with van der Waals surface area (Å²) in [4.78, 5) is 6.48. The lowest BCUT2D eigenvalue weighted by Gasteiger charge is -2.25. The van der Waals surface area contributed by atoms with Crippen LogP contribution in [0.1, 0.15) is 26.1 Å². The van der Waals surface area contributed by atoms with Gasteiger partial charge in [0.1, 0.15) is 5.82 Å². The second-order valence-electron chi connectivity index (χ2n) is 4.30. The molecule has 0 aromatic carbocycles. The predicted octanol–water partition coefficient (Wildman–Crippen LogP) is 1.01. The SMILES string of the molecule is CC(O)CC(C)N(C)Cc1nccn1C. The lowest BCUT2D eigenvalue weighted by molar-refractivity contribution is 0.129. The Morgan fingerprint density at radius 2 is 2.20 bits per heavy atom. The van der Waals surface area contributed by atoms with E-state index in [1.807, 2.05) is 30.9 Å². The lowest BCUT2D eigenvalue weighted by atomic mass is 10.1. The quantitative estimate of drug-likeness (QED) is 0.790. The highest BCUT2D eigenvalue weighted by molar-refractivity contribution is 4.91. The van der Waals surface area contributed by atoms with E-state index in [9.17, 15) is 5.11 Å².